The molecule has 2 rings (SSSR count). The van der Waals surface area contributed by atoms with E-state index in [0.717, 1.165) is 0 Å². The summed E-state index contributed by atoms with van der Waals surface area (Å²) in [6, 6.07) is 2.46. The molecule has 0 saturated carbocycles. The second kappa shape index (κ2) is 4.03. The molecule has 2 unspecified atom stereocenters. The topological polar surface area (TPSA) is 26.0 Å². The second-order valence-corrected chi connectivity index (χ2v) is 5.71. The Morgan fingerprint density at radius 3 is 3.00 bits per heavy atom. The molecule has 1 nitrogen and oxygen atoms in total. The van der Waals surface area contributed by atoms with E-state index in [1.165, 1.54) is 28.4 Å². The molecule has 2 atom stereocenters. The quantitative estimate of drug-likeness (QED) is 0.817. The molecular weight excluding hydrogens is 198 g/mol. The van der Waals surface area contributed by atoms with Gasteiger partial charge in [-0.2, -0.15) is 11.8 Å². The first-order valence-electron chi connectivity index (χ1n) is 4.66. The van der Waals surface area contributed by atoms with Gasteiger partial charge in [0.25, 0.3) is 0 Å². The van der Waals surface area contributed by atoms with Gasteiger partial charge in [0, 0.05) is 10.9 Å². The summed E-state index contributed by atoms with van der Waals surface area (Å²) in [5.74, 6) is 3.25. The van der Waals surface area contributed by atoms with Gasteiger partial charge in [0.05, 0.1) is 0 Å². The monoisotopic (exact) mass is 213 g/mol. The molecule has 72 valence electrons. The van der Waals surface area contributed by atoms with E-state index in [-0.39, 0.29) is 6.04 Å². The number of rotatable bonds is 2. The Balaban J connectivity index is 2.12. The van der Waals surface area contributed by atoms with Crippen molar-refractivity contribution in [3.05, 3.63) is 21.9 Å². The van der Waals surface area contributed by atoms with Gasteiger partial charge in [-0.25, -0.2) is 0 Å². The van der Waals surface area contributed by atoms with E-state index in [1.807, 2.05) is 23.1 Å². The van der Waals surface area contributed by atoms with E-state index in [4.69, 9.17) is 5.73 Å². The minimum Gasteiger partial charge on any atom is -0.323 e. The van der Waals surface area contributed by atoms with Gasteiger partial charge < -0.3 is 5.73 Å². The fourth-order valence-corrected chi connectivity index (χ4v) is 4.11. The van der Waals surface area contributed by atoms with Crippen molar-refractivity contribution in [3.8, 4) is 0 Å². The molecule has 1 aliphatic heterocycles. The van der Waals surface area contributed by atoms with Crippen molar-refractivity contribution in [2.24, 2.45) is 11.7 Å². The average molecular weight is 213 g/mol. The van der Waals surface area contributed by atoms with Crippen LogP contribution in [0.1, 0.15) is 22.9 Å². The SMILES string of the molecule is Cc1ccsc1C(N)C1CCSC1. The Hall–Kier alpha value is 0.01000. The van der Waals surface area contributed by atoms with Crippen LogP contribution in [-0.4, -0.2) is 11.5 Å². The molecule has 1 fully saturated rings. The van der Waals surface area contributed by atoms with Crippen LogP contribution in [0, 0.1) is 12.8 Å². The van der Waals surface area contributed by atoms with Crippen molar-refractivity contribution >= 4 is 23.1 Å². The van der Waals surface area contributed by atoms with Crippen molar-refractivity contribution in [1.82, 2.24) is 0 Å². The molecular formula is C10H15NS2. The first kappa shape index (κ1) is 9.56. The maximum Gasteiger partial charge on any atom is 0.0429 e. The number of hydrogen-bond acceptors (Lipinski definition) is 3. The molecule has 0 radical (unpaired) electrons. The van der Waals surface area contributed by atoms with Gasteiger partial charge in [-0.15, -0.1) is 11.3 Å². The summed E-state index contributed by atoms with van der Waals surface area (Å²) in [4.78, 5) is 1.40. The van der Waals surface area contributed by atoms with E-state index in [0.29, 0.717) is 5.92 Å². The lowest BCUT2D eigenvalue weighted by molar-refractivity contribution is 0.487. The van der Waals surface area contributed by atoms with Gasteiger partial charge in [-0.05, 0) is 47.8 Å². The highest BCUT2D eigenvalue weighted by Crippen LogP contribution is 2.35. The maximum atomic E-state index is 6.24. The van der Waals surface area contributed by atoms with Gasteiger partial charge in [0.15, 0.2) is 0 Å². The van der Waals surface area contributed by atoms with Crippen molar-refractivity contribution in [1.29, 1.82) is 0 Å². The van der Waals surface area contributed by atoms with Gasteiger partial charge >= 0.3 is 0 Å². The molecule has 0 aliphatic carbocycles. The van der Waals surface area contributed by atoms with E-state index >= 15 is 0 Å². The van der Waals surface area contributed by atoms with Crippen molar-refractivity contribution in [2.75, 3.05) is 11.5 Å². The van der Waals surface area contributed by atoms with Crippen LogP contribution in [-0.2, 0) is 0 Å². The lowest BCUT2D eigenvalue weighted by atomic mass is 9.97. The van der Waals surface area contributed by atoms with Crippen LogP contribution in [0.4, 0.5) is 0 Å². The average Bonchev–Trinajstić information content (AvgIpc) is 2.72. The third kappa shape index (κ3) is 1.92. The minimum atomic E-state index is 0.287. The Labute approximate surface area is 87.7 Å². The molecule has 1 aromatic heterocycles. The predicted octanol–water partition coefficient (Wildman–Crippen LogP) is 2.81. The van der Waals surface area contributed by atoms with Crippen molar-refractivity contribution in [2.45, 2.75) is 19.4 Å². The third-order valence-corrected chi connectivity index (χ3v) is 4.99. The summed E-state index contributed by atoms with van der Waals surface area (Å²) in [5.41, 5.74) is 7.61. The zero-order valence-electron chi connectivity index (χ0n) is 7.82. The van der Waals surface area contributed by atoms with Crippen LogP contribution in [0.2, 0.25) is 0 Å². The zero-order chi connectivity index (χ0) is 9.26. The number of hydrogen-bond donors (Lipinski definition) is 1. The molecule has 1 saturated heterocycles. The lowest BCUT2D eigenvalue weighted by Gasteiger charge is -2.17. The van der Waals surface area contributed by atoms with Crippen LogP contribution in [0.15, 0.2) is 11.4 Å². The summed E-state index contributed by atoms with van der Waals surface area (Å²) in [5, 5.41) is 2.15. The molecule has 2 heterocycles. The van der Waals surface area contributed by atoms with E-state index in [9.17, 15) is 0 Å². The van der Waals surface area contributed by atoms with E-state index < -0.39 is 0 Å². The standard InChI is InChI=1S/C10H15NS2/c1-7-2-5-13-10(7)9(11)8-3-4-12-6-8/h2,5,8-9H,3-4,6,11H2,1H3. The van der Waals surface area contributed by atoms with E-state index in [2.05, 4.69) is 18.4 Å². The summed E-state index contributed by atoms with van der Waals surface area (Å²) in [6.07, 6.45) is 1.29. The highest BCUT2D eigenvalue weighted by atomic mass is 32.2. The smallest absolute Gasteiger partial charge is 0.0429 e. The molecule has 0 amide bonds. The first-order chi connectivity index (χ1) is 6.29. The molecule has 0 aromatic carbocycles. The zero-order valence-corrected chi connectivity index (χ0v) is 9.46. The van der Waals surface area contributed by atoms with Gasteiger partial charge in [-0.1, -0.05) is 0 Å². The van der Waals surface area contributed by atoms with Crippen LogP contribution in [0.3, 0.4) is 0 Å². The fourth-order valence-electron chi connectivity index (χ4n) is 1.78. The second-order valence-electron chi connectivity index (χ2n) is 3.62. The summed E-state index contributed by atoms with van der Waals surface area (Å²) in [6.45, 7) is 2.16. The maximum absolute atomic E-state index is 6.24. The molecule has 0 spiro atoms. The number of aryl methyl sites for hydroxylation is 1. The third-order valence-electron chi connectivity index (χ3n) is 2.68. The summed E-state index contributed by atoms with van der Waals surface area (Å²) >= 11 is 3.85. The fraction of sp³-hybridized carbons (Fsp3) is 0.600. The number of thiophene rings is 1. The first-order valence-corrected chi connectivity index (χ1v) is 6.70. The Morgan fingerprint density at radius 1 is 1.62 bits per heavy atom. The molecule has 1 aliphatic rings. The molecule has 2 N–H and O–H groups in total. The van der Waals surface area contributed by atoms with Crippen molar-refractivity contribution < 1.29 is 0 Å². The predicted molar refractivity (Wildman–Crippen MR) is 61.4 cm³/mol. The molecule has 13 heavy (non-hydrogen) atoms. The van der Waals surface area contributed by atoms with Crippen LogP contribution < -0.4 is 5.73 Å². The molecule has 1 aromatic rings. The van der Waals surface area contributed by atoms with Gasteiger partial charge in [0.1, 0.15) is 0 Å². The largest absolute Gasteiger partial charge is 0.323 e. The highest BCUT2D eigenvalue weighted by molar-refractivity contribution is 7.99. The van der Waals surface area contributed by atoms with E-state index in [1.54, 1.807) is 0 Å². The molecule has 3 heteroatoms. The van der Waals surface area contributed by atoms with Gasteiger partial charge in [0.2, 0.25) is 0 Å². The lowest BCUT2D eigenvalue weighted by Crippen LogP contribution is -2.20. The van der Waals surface area contributed by atoms with Crippen LogP contribution in [0.25, 0.3) is 0 Å². The van der Waals surface area contributed by atoms with Gasteiger partial charge in [-0.3, -0.25) is 0 Å². The highest BCUT2D eigenvalue weighted by Gasteiger charge is 2.25. The number of nitrogens with two attached hydrogens (primary N) is 1. The Kier molecular flexibility index (Phi) is 2.96. The van der Waals surface area contributed by atoms with Crippen LogP contribution in [0.5, 0.6) is 0 Å². The minimum absolute atomic E-state index is 0.287. The Bertz CT molecular complexity index is 276. The summed E-state index contributed by atoms with van der Waals surface area (Å²) < 4.78 is 0. The Morgan fingerprint density at radius 2 is 2.46 bits per heavy atom. The normalized spacial score (nSPS) is 24.9. The molecule has 0 bridgehead atoms. The number of thioether (sulfide) groups is 1. The van der Waals surface area contributed by atoms with Crippen molar-refractivity contribution in [3.63, 3.8) is 0 Å². The summed E-state index contributed by atoms with van der Waals surface area (Å²) in [7, 11) is 0. The van der Waals surface area contributed by atoms with Crippen LogP contribution >= 0.6 is 23.1 Å².